The molecule has 7 nitrogen and oxygen atoms in total. The summed E-state index contributed by atoms with van der Waals surface area (Å²) < 4.78 is 16.2. The van der Waals surface area contributed by atoms with Crippen molar-refractivity contribution in [2.45, 2.75) is 12.2 Å². The minimum atomic E-state index is -1.23. The Morgan fingerprint density at radius 2 is 1.74 bits per heavy atom. The third kappa shape index (κ3) is 6.07. The van der Waals surface area contributed by atoms with E-state index in [-0.39, 0.29) is 23.5 Å². The smallest absolute Gasteiger partial charge is 0.337 e. The first-order chi connectivity index (χ1) is 16.3. The van der Waals surface area contributed by atoms with Gasteiger partial charge in [-0.1, -0.05) is 59.6 Å². The highest BCUT2D eigenvalue weighted by Crippen LogP contribution is 2.39. The number of halogens is 2. The van der Waals surface area contributed by atoms with Crippen LogP contribution in [0, 0.1) is 0 Å². The van der Waals surface area contributed by atoms with Gasteiger partial charge in [-0.25, -0.2) is 9.59 Å². The zero-order valence-electron chi connectivity index (χ0n) is 18.5. The van der Waals surface area contributed by atoms with Gasteiger partial charge < -0.3 is 24.6 Å². The summed E-state index contributed by atoms with van der Waals surface area (Å²) in [5.41, 5.74) is 1.48. The Morgan fingerprint density at radius 3 is 2.32 bits per heavy atom. The number of carboxylic acids is 1. The zero-order valence-corrected chi connectivity index (χ0v) is 20.0. The monoisotopic (exact) mass is 503 g/mol. The third-order valence-corrected chi connectivity index (χ3v) is 5.48. The Morgan fingerprint density at radius 1 is 1.09 bits per heavy atom. The number of methoxy groups -OCH3 is 2. The molecule has 9 heteroatoms. The molecule has 1 unspecified atom stereocenters. The van der Waals surface area contributed by atoms with Gasteiger partial charge in [-0.3, -0.25) is 0 Å². The molecule has 178 valence electrons. The van der Waals surface area contributed by atoms with E-state index in [1.54, 1.807) is 18.2 Å². The van der Waals surface area contributed by atoms with E-state index >= 15 is 0 Å². The number of hydrogen-bond acceptors (Lipinski definition) is 6. The van der Waals surface area contributed by atoms with Gasteiger partial charge in [-0.2, -0.15) is 0 Å². The maximum absolute atomic E-state index is 13.3. The summed E-state index contributed by atoms with van der Waals surface area (Å²) in [4.78, 5) is 25.4. The Bertz CT molecular complexity index is 1120. The van der Waals surface area contributed by atoms with Crippen LogP contribution in [0.1, 0.15) is 17.0 Å². The van der Waals surface area contributed by atoms with E-state index in [9.17, 15) is 14.7 Å². The normalized spacial score (nSPS) is 15.9. The molecule has 0 saturated heterocycles. The van der Waals surface area contributed by atoms with Gasteiger partial charge in [-0.15, -0.1) is 0 Å². The van der Waals surface area contributed by atoms with E-state index in [0.29, 0.717) is 15.6 Å². The van der Waals surface area contributed by atoms with E-state index < -0.39 is 24.1 Å². The second-order valence-corrected chi connectivity index (χ2v) is 8.10. The van der Waals surface area contributed by atoms with Crippen LogP contribution in [0.3, 0.4) is 0 Å². The SMILES string of the molecule is COC(OC)C1=C(C(=O)OC/C=C/c2ccccc2)C(c2cc(Cl)cc(Cl)c2)C(C(=O)O)=CN1. The van der Waals surface area contributed by atoms with Gasteiger partial charge in [0.15, 0.2) is 6.29 Å². The first-order valence-electron chi connectivity index (χ1n) is 10.2. The summed E-state index contributed by atoms with van der Waals surface area (Å²) in [6, 6.07) is 14.1. The molecule has 0 amide bonds. The highest BCUT2D eigenvalue weighted by molar-refractivity contribution is 6.34. The average Bonchev–Trinajstić information content (AvgIpc) is 2.82. The minimum Gasteiger partial charge on any atom is -0.478 e. The van der Waals surface area contributed by atoms with Crippen LogP contribution in [-0.4, -0.2) is 44.2 Å². The van der Waals surface area contributed by atoms with Crippen molar-refractivity contribution >= 4 is 41.2 Å². The van der Waals surface area contributed by atoms with Crippen LogP contribution >= 0.6 is 23.2 Å². The predicted octanol–water partition coefficient (Wildman–Crippen LogP) is 4.78. The minimum absolute atomic E-state index is 0.0139. The number of aliphatic carboxylic acids is 1. The van der Waals surface area contributed by atoms with Crippen molar-refractivity contribution in [2.75, 3.05) is 20.8 Å². The lowest BCUT2D eigenvalue weighted by Crippen LogP contribution is -2.36. The molecule has 0 fully saturated rings. The van der Waals surface area contributed by atoms with E-state index in [1.807, 2.05) is 36.4 Å². The summed E-state index contributed by atoms with van der Waals surface area (Å²) in [5.74, 6) is -3.01. The molecule has 1 aliphatic heterocycles. The number of carbonyl (C=O) groups is 2. The van der Waals surface area contributed by atoms with E-state index in [1.165, 1.54) is 26.5 Å². The van der Waals surface area contributed by atoms with E-state index in [0.717, 1.165) is 5.56 Å². The average molecular weight is 504 g/mol. The van der Waals surface area contributed by atoms with E-state index in [4.69, 9.17) is 37.4 Å². The molecule has 0 spiro atoms. The molecule has 0 aromatic heterocycles. The molecule has 2 aromatic rings. The van der Waals surface area contributed by atoms with Crippen LogP contribution in [0.4, 0.5) is 0 Å². The molecule has 3 rings (SSSR count). The lowest BCUT2D eigenvalue weighted by molar-refractivity contribution is -0.139. The number of esters is 1. The fourth-order valence-electron chi connectivity index (χ4n) is 3.61. The van der Waals surface area contributed by atoms with Gasteiger partial charge in [0.05, 0.1) is 22.8 Å². The summed E-state index contributed by atoms with van der Waals surface area (Å²) in [6.07, 6.45) is 3.80. The number of rotatable bonds is 9. The van der Waals surface area contributed by atoms with Crippen molar-refractivity contribution in [3.8, 4) is 0 Å². The Labute approximate surface area is 207 Å². The fourth-order valence-corrected chi connectivity index (χ4v) is 4.15. The Balaban J connectivity index is 2.01. The van der Waals surface area contributed by atoms with Crippen molar-refractivity contribution in [1.82, 2.24) is 5.32 Å². The number of carboxylic acid groups (broad SMARTS) is 1. The van der Waals surface area contributed by atoms with Crippen molar-refractivity contribution in [3.05, 3.63) is 98.8 Å². The molecule has 0 radical (unpaired) electrons. The van der Waals surface area contributed by atoms with Gasteiger partial charge in [0.1, 0.15) is 6.61 Å². The maximum Gasteiger partial charge on any atom is 0.337 e. The molecule has 0 bridgehead atoms. The number of dihydropyridines is 1. The number of ether oxygens (including phenoxy) is 3. The van der Waals surface area contributed by atoms with Crippen LogP contribution in [0.5, 0.6) is 0 Å². The quantitative estimate of drug-likeness (QED) is 0.375. The molecular formula is C25H23Cl2NO6. The third-order valence-electron chi connectivity index (χ3n) is 5.04. The number of benzene rings is 2. The van der Waals surface area contributed by atoms with Crippen LogP contribution in [-0.2, 0) is 23.8 Å². The molecule has 0 aliphatic carbocycles. The van der Waals surface area contributed by atoms with Gasteiger partial charge in [0, 0.05) is 30.5 Å². The van der Waals surface area contributed by atoms with E-state index in [2.05, 4.69) is 5.32 Å². The van der Waals surface area contributed by atoms with Gasteiger partial charge in [0.2, 0.25) is 0 Å². The standard InChI is InChI=1S/C25H23Cl2NO6/c1-32-25(33-2)22-21(24(31)34-10-6-9-15-7-4-3-5-8-15)20(19(14-28-22)23(29)30)16-11-17(26)13-18(27)12-16/h3-9,11-14,20,25,28H,10H2,1-2H3,(H,29,30)/b9-6+. The molecule has 2 aromatic carbocycles. The topological polar surface area (TPSA) is 94.1 Å². The molecule has 34 heavy (non-hydrogen) atoms. The van der Waals surface area contributed by atoms with Crippen LogP contribution < -0.4 is 5.32 Å². The number of hydrogen-bond donors (Lipinski definition) is 2. The van der Waals surface area contributed by atoms with Gasteiger partial charge >= 0.3 is 11.9 Å². The lowest BCUT2D eigenvalue weighted by Gasteiger charge is -2.30. The zero-order chi connectivity index (χ0) is 24.7. The number of nitrogens with one attached hydrogen (secondary N) is 1. The van der Waals surface area contributed by atoms with Crippen LogP contribution in [0.2, 0.25) is 10.0 Å². The Hall–Kier alpha value is -3.10. The van der Waals surface area contributed by atoms with Crippen LogP contribution in [0.25, 0.3) is 6.08 Å². The summed E-state index contributed by atoms with van der Waals surface area (Å²) in [5, 5.41) is 13.3. The molecule has 1 atom stereocenters. The molecule has 1 aliphatic rings. The molecule has 0 saturated carbocycles. The van der Waals surface area contributed by atoms with Gasteiger partial charge in [0.25, 0.3) is 0 Å². The van der Waals surface area contributed by atoms with Crippen LogP contribution in [0.15, 0.2) is 77.7 Å². The predicted molar refractivity (Wildman–Crippen MR) is 129 cm³/mol. The van der Waals surface area contributed by atoms with Crippen molar-refractivity contribution in [1.29, 1.82) is 0 Å². The second-order valence-electron chi connectivity index (χ2n) is 7.23. The second kappa shape index (κ2) is 11.9. The van der Waals surface area contributed by atoms with Crippen molar-refractivity contribution in [2.24, 2.45) is 0 Å². The lowest BCUT2D eigenvalue weighted by atomic mass is 9.81. The van der Waals surface area contributed by atoms with Gasteiger partial charge in [-0.05, 0) is 35.4 Å². The van der Waals surface area contributed by atoms with Crippen molar-refractivity contribution in [3.63, 3.8) is 0 Å². The maximum atomic E-state index is 13.3. The highest BCUT2D eigenvalue weighted by Gasteiger charge is 2.39. The molecule has 1 heterocycles. The summed E-state index contributed by atoms with van der Waals surface area (Å²) in [6.45, 7) is -0.0374. The highest BCUT2D eigenvalue weighted by atomic mass is 35.5. The largest absolute Gasteiger partial charge is 0.478 e. The fraction of sp³-hybridized carbons (Fsp3) is 0.200. The molecular weight excluding hydrogens is 481 g/mol. The number of carbonyl (C=O) groups excluding carboxylic acids is 1. The first-order valence-corrected chi connectivity index (χ1v) is 11.0. The summed E-state index contributed by atoms with van der Waals surface area (Å²) in [7, 11) is 2.80. The Kier molecular flexibility index (Phi) is 8.90. The summed E-state index contributed by atoms with van der Waals surface area (Å²) >= 11 is 12.4. The van der Waals surface area contributed by atoms with Crippen molar-refractivity contribution < 1.29 is 28.9 Å². The first kappa shape index (κ1) is 25.5. The molecule has 2 N–H and O–H groups in total.